The number of carbonyl (C=O) groups excluding carboxylic acids is 3. The van der Waals surface area contributed by atoms with Gasteiger partial charge in [-0.2, -0.15) is 13.2 Å². The van der Waals surface area contributed by atoms with Crippen molar-refractivity contribution in [3.8, 4) is 0 Å². The molecule has 0 aliphatic heterocycles. The molecule has 0 unspecified atom stereocenters. The second kappa shape index (κ2) is 10.9. The van der Waals surface area contributed by atoms with Gasteiger partial charge in [0.2, 0.25) is 0 Å². The number of carbonyl (C=O) groups is 3. The fraction of sp³-hybridized carbons (Fsp3) is 0.333. The van der Waals surface area contributed by atoms with Gasteiger partial charge >= 0.3 is 12.2 Å². The molecule has 1 heterocycles. The van der Waals surface area contributed by atoms with E-state index in [0.29, 0.717) is 25.2 Å². The minimum atomic E-state index is -4.88. The Labute approximate surface area is 191 Å². The van der Waals surface area contributed by atoms with Crippen molar-refractivity contribution < 1.29 is 36.3 Å². The summed E-state index contributed by atoms with van der Waals surface area (Å²) >= 11 is 0. The number of aromatic nitrogens is 1. The maximum Gasteiger partial charge on any atom is 0.416 e. The third-order valence-corrected chi connectivity index (χ3v) is 4.70. The molecule has 0 aliphatic rings. The SMILES string of the molecule is CCN(CC)C(=O)c1cnc([C@@H](C)NC(=O)NNC(=O)c2cc(F)cc(C(F)(F)F)c2)c(F)c1. The summed E-state index contributed by atoms with van der Waals surface area (Å²) in [6.07, 6.45) is -3.71. The molecule has 0 saturated heterocycles. The van der Waals surface area contributed by atoms with Crippen LogP contribution >= 0.6 is 0 Å². The molecule has 3 N–H and O–H groups in total. The molecule has 0 saturated carbocycles. The third-order valence-electron chi connectivity index (χ3n) is 4.70. The number of halogens is 5. The van der Waals surface area contributed by atoms with Crippen LogP contribution in [-0.2, 0) is 6.18 Å². The first-order chi connectivity index (χ1) is 15.9. The van der Waals surface area contributed by atoms with Crippen molar-refractivity contribution in [2.45, 2.75) is 33.0 Å². The van der Waals surface area contributed by atoms with E-state index in [1.165, 1.54) is 18.0 Å². The number of hydrogen-bond acceptors (Lipinski definition) is 4. The molecule has 2 aromatic rings. The van der Waals surface area contributed by atoms with Gasteiger partial charge in [0.05, 0.1) is 22.9 Å². The van der Waals surface area contributed by atoms with Gasteiger partial charge in [0.1, 0.15) is 11.6 Å². The lowest BCUT2D eigenvalue weighted by molar-refractivity contribution is -0.137. The van der Waals surface area contributed by atoms with Crippen LogP contribution in [0.4, 0.5) is 26.7 Å². The predicted molar refractivity (Wildman–Crippen MR) is 110 cm³/mol. The lowest BCUT2D eigenvalue weighted by atomic mass is 10.1. The number of hydrazine groups is 1. The summed E-state index contributed by atoms with van der Waals surface area (Å²) in [7, 11) is 0. The number of nitrogens with zero attached hydrogens (tertiary/aromatic N) is 2. The number of alkyl halides is 3. The van der Waals surface area contributed by atoms with Gasteiger partial charge in [-0.15, -0.1) is 0 Å². The highest BCUT2D eigenvalue weighted by atomic mass is 19.4. The second-order valence-electron chi connectivity index (χ2n) is 7.07. The van der Waals surface area contributed by atoms with E-state index in [4.69, 9.17) is 0 Å². The van der Waals surface area contributed by atoms with Crippen LogP contribution in [0, 0.1) is 11.6 Å². The van der Waals surface area contributed by atoms with E-state index in [2.05, 4.69) is 10.3 Å². The topological polar surface area (TPSA) is 103 Å². The van der Waals surface area contributed by atoms with Crippen molar-refractivity contribution in [1.82, 2.24) is 26.1 Å². The molecule has 1 aromatic heterocycles. The van der Waals surface area contributed by atoms with Crippen molar-refractivity contribution in [2.24, 2.45) is 0 Å². The quantitative estimate of drug-likeness (QED) is 0.428. The zero-order chi connectivity index (χ0) is 25.6. The Kier molecular flexibility index (Phi) is 8.49. The summed E-state index contributed by atoms with van der Waals surface area (Å²) in [5, 5.41) is 2.27. The molecule has 0 fully saturated rings. The predicted octanol–water partition coefficient (Wildman–Crippen LogP) is 3.57. The number of amides is 4. The highest BCUT2D eigenvalue weighted by Crippen LogP contribution is 2.30. The van der Waals surface area contributed by atoms with Crippen molar-refractivity contribution in [2.75, 3.05) is 13.1 Å². The van der Waals surface area contributed by atoms with Gasteiger partial charge in [-0.05, 0) is 45.0 Å². The Hall–Kier alpha value is -3.77. The van der Waals surface area contributed by atoms with E-state index >= 15 is 0 Å². The summed E-state index contributed by atoms with van der Waals surface area (Å²) in [5.74, 6) is -3.76. The minimum absolute atomic E-state index is 0.0298. The average molecular weight is 487 g/mol. The number of rotatable bonds is 6. The molecular formula is C21H22F5N5O3. The Bertz CT molecular complexity index is 1070. The molecule has 1 atom stereocenters. The lowest BCUT2D eigenvalue weighted by Gasteiger charge is -2.19. The Balaban J connectivity index is 2.01. The summed E-state index contributed by atoms with van der Waals surface area (Å²) in [6.45, 7) is 5.77. The summed E-state index contributed by atoms with van der Waals surface area (Å²) in [5.41, 5.74) is 1.48. The van der Waals surface area contributed by atoms with Crippen molar-refractivity contribution in [1.29, 1.82) is 0 Å². The molecule has 184 valence electrons. The Morgan fingerprint density at radius 1 is 1.00 bits per heavy atom. The molecule has 0 spiro atoms. The monoisotopic (exact) mass is 487 g/mol. The number of benzene rings is 1. The van der Waals surface area contributed by atoms with Gasteiger partial charge in [-0.3, -0.25) is 20.0 Å². The van der Waals surface area contributed by atoms with Crippen LogP contribution in [0.2, 0.25) is 0 Å². The van der Waals surface area contributed by atoms with Crippen LogP contribution in [0.1, 0.15) is 58.8 Å². The Morgan fingerprint density at radius 3 is 2.21 bits per heavy atom. The van der Waals surface area contributed by atoms with E-state index in [9.17, 15) is 36.3 Å². The third kappa shape index (κ3) is 6.62. The molecule has 13 heteroatoms. The molecular weight excluding hydrogens is 465 g/mol. The summed E-state index contributed by atoms with van der Waals surface area (Å²) < 4.78 is 66.2. The second-order valence-corrected chi connectivity index (χ2v) is 7.07. The molecule has 2 rings (SSSR count). The van der Waals surface area contributed by atoms with Crippen LogP contribution in [0.15, 0.2) is 30.5 Å². The van der Waals surface area contributed by atoms with E-state index in [1.807, 2.05) is 10.9 Å². The number of hydrogen-bond donors (Lipinski definition) is 3. The molecule has 8 nitrogen and oxygen atoms in total. The van der Waals surface area contributed by atoms with Crippen molar-refractivity contribution in [3.05, 3.63) is 64.5 Å². The highest BCUT2D eigenvalue weighted by Gasteiger charge is 2.32. The molecule has 1 aromatic carbocycles. The standard InChI is InChI=1S/C21H22F5N5O3/c1-4-31(5-2)19(33)13-8-16(23)17(27-10-13)11(3)28-20(34)30-29-18(32)12-6-14(21(24,25)26)9-15(22)7-12/h6-11H,4-5H2,1-3H3,(H,29,32)(H2,28,30,34)/t11-/m1/s1. The van der Waals surface area contributed by atoms with Gasteiger partial charge in [0, 0.05) is 24.8 Å². The van der Waals surface area contributed by atoms with Gasteiger partial charge in [-0.1, -0.05) is 0 Å². The fourth-order valence-electron chi connectivity index (χ4n) is 2.95. The minimum Gasteiger partial charge on any atom is -0.339 e. The van der Waals surface area contributed by atoms with Crippen molar-refractivity contribution >= 4 is 17.8 Å². The molecule has 0 radical (unpaired) electrons. The first-order valence-electron chi connectivity index (χ1n) is 10.1. The number of nitrogens with one attached hydrogen (secondary N) is 3. The fourth-order valence-corrected chi connectivity index (χ4v) is 2.95. The molecule has 0 bridgehead atoms. The Morgan fingerprint density at radius 2 is 1.65 bits per heavy atom. The maximum absolute atomic E-state index is 14.5. The highest BCUT2D eigenvalue weighted by molar-refractivity contribution is 5.95. The largest absolute Gasteiger partial charge is 0.416 e. The smallest absolute Gasteiger partial charge is 0.339 e. The summed E-state index contributed by atoms with van der Waals surface area (Å²) in [4.78, 5) is 41.7. The first-order valence-corrected chi connectivity index (χ1v) is 10.1. The summed E-state index contributed by atoms with van der Waals surface area (Å²) in [6, 6.07) is 0.135. The van der Waals surface area contributed by atoms with Crippen LogP contribution in [0.5, 0.6) is 0 Å². The van der Waals surface area contributed by atoms with Gasteiger partial charge in [0.15, 0.2) is 0 Å². The van der Waals surface area contributed by atoms with Crippen LogP contribution in [0.25, 0.3) is 0 Å². The van der Waals surface area contributed by atoms with E-state index in [0.717, 1.165) is 6.07 Å². The van der Waals surface area contributed by atoms with E-state index in [1.54, 1.807) is 13.8 Å². The van der Waals surface area contributed by atoms with Crippen LogP contribution in [0.3, 0.4) is 0 Å². The zero-order valence-corrected chi connectivity index (χ0v) is 18.4. The molecule has 4 amide bonds. The van der Waals surface area contributed by atoms with Gasteiger partial charge in [-0.25, -0.2) is 19.0 Å². The molecule has 34 heavy (non-hydrogen) atoms. The number of urea groups is 1. The van der Waals surface area contributed by atoms with Crippen LogP contribution < -0.4 is 16.2 Å². The van der Waals surface area contributed by atoms with Crippen molar-refractivity contribution in [3.63, 3.8) is 0 Å². The zero-order valence-electron chi connectivity index (χ0n) is 18.4. The number of pyridine rings is 1. The average Bonchev–Trinajstić information content (AvgIpc) is 2.76. The first kappa shape index (κ1) is 26.5. The maximum atomic E-state index is 14.5. The normalized spacial score (nSPS) is 12.0. The van der Waals surface area contributed by atoms with Gasteiger partial charge < -0.3 is 10.2 Å². The van der Waals surface area contributed by atoms with Crippen LogP contribution in [-0.4, -0.2) is 40.8 Å². The van der Waals surface area contributed by atoms with E-state index < -0.39 is 52.8 Å². The lowest BCUT2D eigenvalue weighted by Crippen LogP contribution is -2.47. The van der Waals surface area contributed by atoms with E-state index in [-0.39, 0.29) is 17.3 Å². The van der Waals surface area contributed by atoms with Gasteiger partial charge in [0.25, 0.3) is 11.8 Å². The molecule has 0 aliphatic carbocycles.